The van der Waals surface area contributed by atoms with E-state index in [-0.39, 0.29) is 73.0 Å². The van der Waals surface area contributed by atoms with E-state index < -0.39 is 145 Å². The monoisotopic (exact) mass is 1700 g/mol. The molecular formula is C83H136F30. The Bertz CT molecular complexity index is 2580. The van der Waals surface area contributed by atoms with Crippen LogP contribution in [0.2, 0.25) is 0 Å². The molecule has 0 N–H and O–H groups in total. The third-order valence-electron chi connectivity index (χ3n) is 28.4. The van der Waals surface area contributed by atoms with Crippen molar-refractivity contribution in [3.63, 3.8) is 0 Å². The summed E-state index contributed by atoms with van der Waals surface area (Å²) in [5.74, 6) is -1.08. The topological polar surface area (TPSA) is 0 Å². The molecule has 10 saturated carbocycles. The van der Waals surface area contributed by atoms with Gasteiger partial charge in [0.05, 0.1) is 23.2 Å². The normalized spacial score (nSPS) is 29.7. The van der Waals surface area contributed by atoms with E-state index in [1.54, 1.807) is 27.7 Å². The molecule has 0 aromatic rings. The number of halogens is 30. The van der Waals surface area contributed by atoms with E-state index in [0.29, 0.717) is 55.8 Å². The summed E-state index contributed by atoms with van der Waals surface area (Å²) >= 11 is 0. The van der Waals surface area contributed by atoms with Gasteiger partial charge in [-0.05, 0) is 222 Å². The van der Waals surface area contributed by atoms with E-state index in [2.05, 4.69) is 48.5 Å². The SMILES string of the molecule is CC(C)(C)C.CC(C)(C)C(C)(C)C(C)(C)C(F)(F)F.CC1CCC(C(F)(F)F)(C(F)(F)F)CC1.CC1CCC(C(F)(F)F)CC1.CC1CCC2(CC1)CCC(C(F)(F)F)(C(F)(F)F)CC2.CC1CCCC(C(F)(F)F)[C@@H]1C.C[C@@H]1CCCC(C(F)(F)F)C1.C[C@@H]1CCCCC1(C(F)(F)F)C(F)(F)F.C[C@H]1CC2CCC1(C)CC2. The summed E-state index contributed by atoms with van der Waals surface area (Å²) in [4.78, 5) is 0. The second kappa shape index (κ2) is 40.3. The molecule has 7 atom stereocenters. The average Bonchev–Trinajstić information content (AvgIpc) is 0.744. The first-order valence-corrected chi connectivity index (χ1v) is 40.8. The van der Waals surface area contributed by atoms with Crippen LogP contribution in [0, 0.1) is 120 Å². The lowest BCUT2D eigenvalue weighted by Gasteiger charge is -2.51. The smallest absolute Gasteiger partial charge is 0.171 e. The zero-order valence-electron chi connectivity index (χ0n) is 70.4. The van der Waals surface area contributed by atoms with Crippen molar-refractivity contribution < 1.29 is 132 Å². The zero-order chi connectivity index (χ0) is 89.1. The maximum absolute atomic E-state index is 13.0. The van der Waals surface area contributed by atoms with Gasteiger partial charge in [0.25, 0.3) is 0 Å². The van der Waals surface area contributed by atoms with Crippen molar-refractivity contribution in [2.75, 3.05) is 0 Å². The molecule has 0 heterocycles. The molecule has 3 unspecified atom stereocenters. The Morgan fingerprint density at radius 1 is 0.274 bits per heavy atom. The van der Waals surface area contributed by atoms with Crippen LogP contribution in [0.5, 0.6) is 0 Å². The quantitative estimate of drug-likeness (QED) is 0.230. The minimum Gasteiger partial charge on any atom is -0.171 e. The lowest BCUT2D eigenvalue weighted by atomic mass is 9.55. The molecule has 0 radical (unpaired) electrons. The van der Waals surface area contributed by atoms with Crippen LogP contribution in [0.15, 0.2) is 0 Å². The summed E-state index contributed by atoms with van der Waals surface area (Å²) in [6.45, 7) is 37.5. The van der Waals surface area contributed by atoms with Crippen molar-refractivity contribution in [2.45, 2.75) is 406 Å². The molecule has 0 nitrogen and oxygen atoms in total. The summed E-state index contributed by atoms with van der Waals surface area (Å²) < 4.78 is 377. The van der Waals surface area contributed by atoms with Crippen molar-refractivity contribution in [3.05, 3.63) is 0 Å². The first-order valence-electron chi connectivity index (χ1n) is 40.8. The van der Waals surface area contributed by atoms with Gasteiger partial charge >= 0.3 is 61.8 Å². The summed E-state index contributed by atoms with van der Waals surface area (Å²) in [7, 11) is 0. The van der Waals surface area contributed by atoms with Crippen molar-refractivity contribution >= 4 is 0 Å². The summed E-state index contributed by atoms with van der Waals surface area (Å²) in [5, 5.41) is 0. The Morgan fingerprint density at radius 3 is 0.920 bits per heavy atom. The number of alkyl halides is 30. The van der Waals surface area contributed by atoms with Crippen LogP contribution in [0.4, 0.5) is 132 Å². The van der Waals surface area contributed by atoms with Gasteiger partial charge < -0.3 is 0 Å². The minimum absolute atomic E-state index is 0.0106. The molecule has 113 heavy (non-hydrogen) atoms. The number of fused-ring (bicyclic) bond motifs is 3. The molecule has 0 saturated heterocycles. The Balaban J connectivity index is 0.000000645. The Kier molecular flexibility index (Phi) is 38.8. The largest absolute Gasteiger partial charge is 0.403 e. The highest BCUT2D eigenvalue weighted by atomic mass is 19.5. The maximum atomic E-state index is 13.0. The van der Waals surface area contributed by atoms with E-state index in [9.17, 15) is 132 Å². The zero-order valence-corrected chi connectivity index (χ0v) is 70.4. The third-order valence-corrected chi connectivity index (χ3v) is 28.4. The Morgan fingerprint density at radius 2 is 0.646 bits per heavy atom. The molecule has 1 spiro atoms. The molecule has 10 aliphatic carbocycles. The van der Waals surface area contributed by atoms with Crippen molar-refractivity contribution in [2.24, 2.45) is 120 Å². The molecule has 0 aromatic carbocycles. The number of hydrogen-bond donors (Lipinski definition) is 0. The third kappa shape index (κ3) is 30.5. The van der Waals surface area contributed by atoms with Gasteiger partial charge in [0.15, 0.2) is 16.2 Å². The molecule has 0 aliphatic heterocycles. The minimum atomic E-state index is -5.20. The van der Waals surface area contributed by atoms with E-state index in [1.807, 2.05) is 41.5 Å². The molecule has 10 aliphatic rings. The highest BCUT2D eigenvalue weighted by molar-refractivity contribution is 5.03. The van der Waals surface area contributed by atoms with E-state index in [4.69, 9.17) is 0 Å². The molecule has 0 amide bonds. The molecule has 2 bridgehead atoms. The highest BCUT2D eigenvalue weighted by Gasteiger charge is 2.74. The Labute approximate surface area is 655 Å². The molecular weight excluding hydrogens is 1570 g/mol. The van der Waals surface area contributed by atoms with Gasteiger partial charge in [-0.1, -0.05) is 203 Å². The first-order chi connectivity index (χ1) is 50.1. The lowest BCUT2D eigenvalue weighted by molar-refractivity contribution is -0.364. The first kappa shape index (κ1) is 109. The average molecular weight is 1700 g/mol. The van der Waals surface area contributed by atoms with Gasteiger partial charge in [-0.15, -0.1) is 0 Å². The van der Waals surface area contributed by atoms with Crippen molar-refractivity contribution in [1.29, 1.82) is 0 Å². The standard InChI is InChI=1S/C14H20F6.C11H21F3.C10H18.2C9H12F6.C9H15F3.2C8H13F3.C5H12/c1-10-2-4-11(5-3-10)6-8-12(9-7-11,13(15,16)17)14(18,19)20;1-8(2,3)9(4,5)10(6,7)11(12,13)14;1-8-7-9-3-5-10(8,2)6-4-9;1-6-2-4-7(5-3-6,8(10,11)12)9(13,14)15;1-6-4-2-3-5-7(6,8(10,11)12)9(13,14)15;1-6-4-3-5-8(7(6)2)9(10,11)12;1-6-2-4-7(5-3-6)8(9,10)11;1-6-3-2-4-7(5-6)8(9,10)11;1-5(2,3)4/h10H,2-9H2,1H3;1-7H3;8-9H,3-7H2,1-2H3;2*6H,2-5H2,1H3;6-8H,3-5H2,1-2H3;2*6-7H,2-5H2,1H3;1-4H3/t;;8-,9?,10?;;6-;6?,7-,8?;;6-,7?;/m..0.11.1./s1. The van der Waals surface area contributed by atoms with E-state index >= 15 is 0 Å². The van der Waals surface area contributed by atoms with Gasteiger partial charge in [-0.2, -0.15) is 132 Å². The van der Waals surface area contributed by atoms with Crippen LogP contribution in [0.25, 0.3) is 0 Å². The molecule has 10 fully saturated rings. The van der Waals surface area contributed by atoms with Gasteiger partial charge in [-0.3, -0.25) is 0 Å². The van der Waals surface area contributed by atoms with Crippen LogP contribution in [0.1, 0.15) is 344 Å². The highest BCUT2D eigenvalue weighted by Crippen LogP contribution is 2.66. The second-order valence-corrected chi connectivity index (χ2v) is 39.8. The fourth-order valence-corrected chi connectivity index (χ4v) is 17.6. The summed E-state index contributed by atoms with van der Waals surface area (Å²) in [6, 6.07) is 0. The van der Waals surface area contributed by atoms with Crippen LogP contribution in [-0.2, 0) is 0 Å². The van der Waals surface area contributed by atoms with E-state index in [0.717, 1.165) is 88.4 Å². The van der Waals surface area contributed by atoms with Crippen LogP contribution < -0.4 is 0 Å². The Hall–Kier alpha value is -2.10. The van der Waals surface area contributed by atoms with Crippen molar-refractivity contribution in [1.82, 2.24) is 0 Å². The summed E-state index contributed by atoms with van der Waals surface area (Å²) in [6.07, 6.45) is -33.3. The molecule has 0 aromatic heterocycles. The fraction of sp³-hybridized carbons (Fsp3) is 1.00. The number of rotatable bonds is 1. The second-order valence-electron chi connectivity index (χ2n) is 39.8. The van der Waals surface area contributed by atoms with Gasteiger partial charge in [0, 0.05) is 0 Å². The molecule has 678 valence electrons. The predicted molar refractivity (Wildman–Crippen MR) is 386 cm³/mol. The van der Waals surface area contributed by atoms with Gasteiger partial charge in [0.2, 0.25) is 0 Å². The van der Waals surface area contributed by atoms with Crippen LogP contribution >= 0.6 is 0 Å². The summed E-state index contributed by atoms with van der Waals surface area (Å²) in [5.41, 5.74) is -12.3. The van der Waals surface area contributed by atoms with Gasteiger partial charge in [-0.25, -0.2) is 0 Å². The molecule has 30 heteroatoms. The fourth-order valence-electron chi connectivity index (χ4n) is 17.6. The predicted octanol–water partition coefficient (Wildman–Crippen LogP) is 34.8. The van der Waals surface area contributed by atoms with Crippen LogP contribution in [0.3, 0.4) is 0 Å². The maximum Gasteiger partial charge on any atom is 0.403 e. The molecule has 10 rings (SSSR count). The van der Waals surface area contributed by atoms with E-state index in [1.165, 1.54) is 46.0 Å². The lowest BCUT2D eigenvalue weighted by Crippen LogP contribution is -2.55. The number of hydrogen-bond acceptors (Lipinski definition) is 0. The van der Waals surface area contributed by atoms with Gasteiger partial charge in [0.1, 0.15) is 0 Å². The van der Waals surface area contributed by atoms with Crippen LogP contribution in [-0.4, -0.2) is 61.8 Å². The van der Waals surface area contributed by atoms with Crippen molar-refractivity contribution in [3.8, 4) is 0 Å².